The van der Waals surface area contributed by atoms with Crippen molar-refractivity contribution in [3.05, 3.63) is 28.0 Å². The highest BCUT2D eigenvalue weighted by atomic mass is 35.5. The Bertz CT molecular complexity index is 400. The maximum absolute atomic E-state index is 6.18. The molecule has 2 rings (SSSR count). The number of rotatable bonds is 2. The lowest BCUT2D eigenvalue weighted by Gasteiger charge is -2.37. The van der Waals surface area contributed by atoms with Gasteiger partial charge in [-0.1, -0.05) is 30.1 Å². The molecule has 0 saturated carbocycles. The van der Waals surface area contributed by atoms with Crippen LogP contribution in [-0.4, -0.2) is 33.5 Å². The van der Waals surface area contributed by atoms with Crippen molar-refractivity contribution < 1.29 is 0 Å². The molecule has 1 saturated heterocycles. The van der Waals surface area contributed by atoms with Crippen molar-refractivity contribution in [3.8, 4) is 0 Å². The first-order valence-corrected chi connectivity index (χ1v) is 7.54. The molecular formula is C12H16Cl2N2S. The summed E-state index contributed by atoms with van der Waals surface area (Å²) in [6.45, 7) is 6.52. The molecule has 0 amide bonds. The van der Waals surface area contributed by atoms with Crippen LogP contribution in [-0.2, 0) is 6.54 Å². The second-order valence-electron chi connectivity index (χ2n) is 4.39. The summed E-state index contributed by atoms with van der Waals surface area (Å²) in [6.07, 6.45) is 1.78. The lowest BCUT2D eigenvalue weighted by Crippen LogP contribution is -2.44. The molecule has 1 aromatic heterocycles. The minimum absolute atomic E-state index is 0.453. The van der Waals surface area contributed by atoms with Gasteiger partial charge in [-0.15, -0.1) is 0 Å². The number of nitrogens with zero attached hydrogens (tertiary/aromatic N) is 2. The van der Waals surface area contributed by atoms with Crippen molar-refractivity contribution in [2.75, 3.05) is 12.3 Å². The Morgan fingerprint density at radius 1 is 1.47 bits per heavy atom. The zero-order valence-electron chi connectivity index (χ0n) is 9.99. The number of thioether (sulfide) groups is 1. The molecule has 0 spiro atoms. The van der Waals surface area contributed by atoms with E-state index in [-0.39, 0.29) is 0 Å². The molecule has 0 radical (unpaired) electrons. The third-order valence-electron chi connectivity index (χ3n) is 3.28. The molecule has 0 aromatic carbocycles. The maximum Gasteiger partial charge on any atom is 0.130 e. The highest BCUT2D eigenvalue weighted by molar-refractivity contribution is 8.00. The number of pyridine rings is 1. The summed E-state index contributed by atoms with van der Waals surface area (Å²) in [7, 11) is 0. The molecule has 1 aliphatic rings. The highest BCUT2D eigenvalue weighted by Crippen LogP contribution is 2.27. The molecule has 2 atom stereocenters. The highest BCUT2D eigenvalue weighted by Gasteiger charge is 2.25. The minimum Gasteiger partial charge on any atom is -0.294 e. The van der Waals surface area contributed by atoms with Gasteiger partial charge in [0, 0.05) is 46.9 Å². The summed E-state index contributed by atoms with van der Waals surface area (Å²) in [5, 5.41) is 1.83. The van der Waals surface area contributed by atoms with Crippen molar-refractivity contribution in [1.82, 2.24) is 9.88 Å². The van der Waals surface area contributed by atoms with Crippen molar-refractivity contribution in [1.29, 1.82) is 0 Å². The fourth-order valence-corrected chi connectivity index (χ4v) is 3.58. The average molecular weight is 291 g/mol. The summed E-state index contributed by atoms with van der Waals surface area (Å²) in [4.78, 5) is 6.55. The van der Waals surface area contributed by atoms with E-state index in [0.717, 1.165) is 18.7 Å². The van der Waals surface area contributed by atoms with Gasteiger partial charge in [-0.2, -0.15) is 11.8 Å². The van der Waals surface area contributed by atoms with Gasteiger partial charge in [0.15, 0.2) is 0 Å². The molecular weight excluding hydrogens is 275 g/mol. The molecule has 1 fully saturated rings. The lowest BCUT2D eigenvalue weighted by atomic mass is 10.1. The first-order chi connectivity index (χ1) is 8.08. The summed E-state index contributed by atoms with van der Waals surface area (Å²) in [5.74, 6) is 1.18. The second kappa shape index (κ2) is 5.79. The Labute approximate surface area is 117 Å². The quantitative estimate of drug-likeness (QED) is 0.773. The van der Waals surface area contributed by atoms with E-state index in [1.165, 1.54) is 5.75 Å². The molecule has 5 heteroatoms. The van der Waals surface area contributed by atoms with Crippen LogP contribution in [0.2, 0.25) is 10.2 Å². The van der Waals surface area contributed by atoms with Crippen molar-refractivity contribution >= 4 is 35.0 Å². The van der Waals surface area contributed by atoms with Gasteiger partial charge < -0.3 is 0 Å². The van der Waals surface area contributed by atoms with E-state index in [2.05, 4.69) is 23.7 Å². The standard InChI is InChI=1S/C12H16Cl2N2S/c1-8-9(2)17-4-3-16(8)7-10-6-15-12(14)5-11(10)13/h5-6,8-9H,3-4,7H2,1-2H3. The minimum atomic E-state index is 0.453. The van der Waals surface area contributed by atoms with Crippen LogP contribution in [0.25, 0.3) is 0 Å². The van der Waals surface area contributed by atoms with Gasteiger partial charge in [0.05, 0.1) is 0 Å². The zero-order chi connectivity index (χ0) is 12.4. The first-order valence-electron chi connectivity index (χ1n) is 5.73. The molecule has 17 heavy (non-hydrogen) atoms. The van der Waals surface area contributed by atoms with Crippen LogP contribution < -0.4 is 0 Å². The molecule has 2 unspecified atom stereocenters. The molecule has 0 aliphatic carbocycles. The number of hydrogen-bond donors (Lipinski definition) is 0. The molecule has 1 aromatic rings. The van der Waals surface area contributed by atoms with Gasteiger partial charge in [0.2, 0.25) is 0 Å². The topological polar surface area (TPSA) is 16.1 Å². The van der Waals surface area contributed by atoms with Gasteiger partial charge in [0.1, 0.15) is 5.15 Å². The predicted octanol–water partition coefficient (Wildman–Crippen LogP) is 3.71. The summed E-state index contributed by atoms with van der Waals surface area (Å²) in [6, 6.07) is 2.28. The van der Waals surface area contributed by atoms with Crippen LogP contribution in [0.3, 0.4) is 0 Å². The largest absolute Gasteiger partial charge is 0.294 e. The predicted molar refractivity (Wildman–Crippen MR) is 76.0 cm³/mol. The summed E-state index contributed by atoms with van der Waals surface area (Å²) < 4.78 is 0. The Morgan fingerprint density at radius 3 is 2.94 bits per heavy atom. The third kappa shape index (κ3) is 3.28. The fraction of sp³-hybridized carbons (Fsp3) is 0.583. The van der Waals surface area contributed by atoms with E-state index in [9.17, 15) is 0 Å². The first kappa shape index (κ1) is 13.5. The second-order valence-corrected chi connectivity index (χ2v) is 6.67. The average Bonchev–Trinajstić information content (AvgIpc) is 2.28. The molecule has 2 nitrogen and oxygen atoms in total. The van der Waals surface area contributed by atoms with Crippen LogP contribution in [0.4, 0.5) is 0 Å². The van der Waals surface area contributed by atoms with Gasteiger partial charge >= 0.3 is 0 Å². The van der Waals surface area contributed by atoms with Crippen molar-refractivity contribution in [3.63, 3.8) is 0 Å². The lowest BCUT2D eigenvalue weighted by molar-refractivity contribution is 0.204. The van der Waals surface area contributed by atoms with E-state index in [4.69, 9.17) is 23.2 Å². The van der Waals surface area contributed by atoms with Gasteiger partial charge in [-0.25, -0.2) is 4.98 Å². The molecule has 0 N–H and O–H groups in total. The molecule has 1 aliphatic heterocycles. The molecule has 2 heterocycles. The van der Waals surface area contributed by atoms with Crippen LogP contribution >= 0.6 is 35.0 Å². The fourth-order valence-electron chi connectivity index (χ4n) is 1.99. The van der Waals surface area contributed by atoms with Gasteiger partial charge in [0.25, 0.3) is 0 Å². The van der Waals surface area contributed by atoms with Crippen LogP contribution in [0.15, 0.2) is 12.3 Å². The number of aromatic nitrogens is 1. The Kier molecular flexibility index (Phi) is 4.59. The van der Waals surface area contributed by atoms with E-state index >= 15 is 0 Å². The van der Waals surface area contributed by atoms with Crippen molar-refractivity contribution in [2.45, 2.75) is 31.7 Å². The number of hydrogen-bond acceptors (Lipinski definition) is 3. The Balaban J connectivity index is 2.09. The van der Waals surface area contributed by atoms with Crippen LogP contribution in [0, 0.1) is 0 Å². The van der Waals surface area contributed by atoms with Crippen molar-refractivity contribution in [2.24, 2.45) is 0 Å². The normalized spacial score (nSPS) is 26.1. The monoisotopic (exact) mass is 290 g/mol. The smallest absolute Gasteiger partial charge is 0.130 e. The van der Waals surface area contributed by atoms with Crippen LogP contribution in [0.1, 0.15) is 19.4 Å². The van der Waals surface area contributed by atoms with Gasteiger partial charge in [-0.05, 0) is 13.0 Å². The summed E-state index contributed by atoms with van der Waals surface area (Å²) in [5.41, 5.74) is 1.06. The van der Waals surface area contributed by atoms with E-state index in [0.29, 0.717) is 21.5 Å². The molecule has 0 bridgehead atoms. The number of halogens is 2. The Morgan fingerprint density at radius 2 is 2.24 bits per heavy atom. The third-order valence-corrected chi connectivity index (χ3v) is 5.18. The van der Waals surface area contributed by atoms with E-state index in [1.807, 2.05) is 11.8 Å². The SMILES string of the molecule is CC1SCCN(Cc2cnc(Cl)cc2Cl)C1C. The van der Waals surface area contributed by atoms with Crippen LogP contribution in [0.5, 0.6) is 0 Å². The van der Waals surface area contributed by atoms with E-state index < -0.39 is 0 Å². The van der Waals surface area contributed by atoms with E-state index in [1.54, 1.807) is 12.3 Å². The Hall–Kier alpha value is 0.0400. The summed E-state index contributed by atoms with van der Waals surface area (Å²) >= 11 is 14.0. The van der Waals surface area contributed by atoms with Gasteiger partial charge in [-0.3, -0.25) is 4.90 Å². The zero-order valence-corrected chi connectivity index (χ0v) is 12.3. The molecule has 94 valence electrons. The maximum atomic E-state index is 6.18.